The standard InChI is InChI=1S/C56H64O11/c1-55(37-62-27-23-57-21-25-60-35-47-15-13-45-11-9-41-5-3-7-43-17-19-49(47)53(45)51(41)43)39-64-29-30-65-40-56(2,67-34-32-59-31-33-66-55)38-63-28-24-58-22-26-61-36-48-16-14-46-12-10-42-6-4-8-44-18-20-50(48)54(46)52(42)44/h3-20H,21-40H2,1-2H3/t55-,56-/m1/s1. The van der Waals surface area contributed by atoms with Crippen LogP contribution >= 0.6 is 0 Å². The van der Waals surface area contributed by atoms with E-state index in [0.717, 1.165) is 0 Å². The average molecular weight is 913 g/mol. The van der Waals surface area contributed by atoms with Crippen LogP contribution in [0.15, 0.2) is 109 Å². The molecule has 1 heterocycles. The highest BCUT2D eigenvalue weighted by Gasteiger charge is 2.28. The summed E-state index contributed by atoms with van der Waals surface area (Å²) >= 11 is 0. The average Bonchev–Trinajstić information content (AvgIpc) is 3.35. The van der Waals surface area contributed by atoms with Crippen molar-refractivity contribution < 1.29 is 52.1 Å². The van der Waals surface area contributed by atoms with Gasteiger partial charge in [0.05, 0.1) is 132 Å². The summed E-state index contributed by atoms with van der Waals surface area (Å²) in [4.78, 5) is 0. The van der Waals surface area contributed by atoms with E-state index in [1.807, 2.05) is 13.8 Å². The third-order valence-corrected chi connectivity index (χ3v) is 12.6. The summed E-state index contributed by atoms with van der Waals surface area (Å²) in [6, 6.07) is 39.3. The minimum atomic E-state index is -0.661. The zero-order valence-electron chi connectivity index (χ0n) is 39.0. The first-order valence-electron chi connectivity index (χ1n) is 23.8. The van der Waals surface area contributed by atoms with Gasteiger partial charge in [0.1, 0.15) is 11.2 Å². The first-order valence-corrected chi connectivity index (χ1v) is 23.8. The Labute approximate surface area is 393 Å². The van der Waals surface area contributed by atoms with Crippen molar-refractivity contribution in [3.05, 3.63) is 120 Å². The Hall–Kier alpha value is -4.60. The number of rotatable bonds is 20. The van der Waals surface area contributed by atoms with Crippen LogP contribution in [-0.4, -0.2) is 130 Å². The molecule has 9 rings (SSSR count). The molecule has 11 heteroatoms. The Balaban J connectivity index is 0.622. The maximum atomic E-state index is 6.22. The molecule has 11 nitrogen and oxygen atoms in total. The molecule has 354 valence electrons. The summed E-state index contributed by atoms with van der Waals surface area (Å²) in [6.07, 6.45) is 0. The Morgan fingerprint density at radius 1 is 0.358 bits per heavy atom. The van der Waals surface area contributed by atoms with Crippen LogP contribution < -0.4 is 0 Å². The second-order valence-electron chi connectivity index (χ2n) is 17.9. The molecule has 8 aromatic rings. The smallest absolute Gasteiger partial charge is 0.112 e. The summed E-state index contributed by atoms with van der Waals surface area (Å²) in [5, 5.41) is 15.3. The van der Waals surface area contributed by atoms with Gasteiger partial charge >= 0.3 is 0 Å². The maximum absolute atomic E-state index is 6.22. The van der Waals surface area contributed by atoms with E-state index >= 15 is 0 Å². The molecule has 1 aliphatic heterocycles. The fourth-order valence-electron chi connectivity index (χ4n) is 9.20. The molecule has 0 spiro atoms. The van der Waals surface area contributed by atoms with Crippen molar-refractivity contribution in [2.24, 2.45) is 0 Å². The highest BCUT2D eigenvalue weighted by molar-refractivity contribution is 6.24. The Morgan fingerprint density at radius 2 is 0.701 bits per heavy atom. The fourth-order valence-corrected chi connectivity index (χ4v) is 9.20. The summed E-state index contributed by atoms with van der Waals surface area (Å²) in [6.45, 7) is 12.5. The van der Waals surface area contributed by atoms with Gasteiger partial charge in [0.15, 0.2) is 0 Å². The zero-order chi connectivity index (χ0) is 45.7. The number of ether oxygens (including phenoxy) is 11. The third-order valence-electron chi connectivity index (χ3n) is 12.6. The van der Waals surface area contributed by atoms with Gasteiger partial charge in [-0.15, -0.1) is 0 Å². The predicted octanol–water partition coefficient (Wildman–Crippen LogP) is 9.90. The van der Waals surface area contributed by atoms with Gasteiger partial charge in [0, 0.05) is 0 Å². The molecule has 2 atom stereocenters. The molecule has 67 heavy (non-hydrogen) atoms. The van der Waals surface area contributed by atoms with Crippen molar-refractivity contribution in [3.8, 4) is 0 Å². The molecular weight excluding hydrogens is 849 g/mol. The van der Waals surface area contributed by atoms with E-state index in [9.17, 15) is 0 Å². The van der Waals surface area contributed by atoms with E-state index in [-0.39, 0.29) is 0 Å². The Kier molecular flexibility index (Phi) is 16.4. The van der Waals surface area contributed by atoms with E-state index in [0.29, 0.717) is 132 Å². The largest absolute Gasteiger partial charge is 0.377 e. The second-order valence-corrected chi connectivity index (χ2v) is 17.9. The molecule has 0 bridgehead atoms. The highest BCUT2D eigenvalue weighted by Crippen LogP contribution is 2.37. The quantitative estimate of drug-likeness (QED) is 0.0540. The zero-order valence-corrected chi connectivity index (χ0v) is 39.0. The van der Waals surface area contributed by atoms with Crippen LogP contribution in [0.4, 0.5) is 0 Å². The number of hydrogen-bond donors (Lipinski definition) is 0. The molecule has 0 saturated carbocycles. The van der Waals surface area contributed by atoms with Crippen LogP contribution in [-0.2, 0) is 65.3 Å². The summed E-state index contributed by atoms with van der Waals surface area (Å²) in [5.41, 5.74) is 1.04. The normalized spacial score (nSPS) is 19.6. The van der Waals surface area contributed by atoms with Gasteiger partial charge in [-0.1, -0.05) is 109 Å². The molecule has 0 aliphatic carbocycles. The van der Waals surface area contributed by atoms with Crippen LogP contribution in [0.3, 0.4) is 0 Å². The SMILES string of the molecule is C[C@@]1(COCCOCCOCc2ccc3ccc4cccc5ccc2c3c45)COCCOC[C@@](C)(COCCOCCOCc2ccc3ccc4cccc5ccc2c3c45)OCCOCCO1. The summed E-state index contributed by atoms with van der Waals surface area (Å²) in [5.74, 6) is 0. The molecule has 8 aromatic carbocycles. The van der Waals surface area contributed by atoms with Crippen LogP contribution in [0, 0.1) is 0 Å². The van der Waals surface area contributed by atoms with Gasteiger partial charge in [-0.05, 0) is 89.6 Å². The molecule has 1 aliphatic rings. The first-order chi connectivity index (χ1) is 33.0. The van der Waals surface area contributed by atoms with E-state index < -0.39 is 11.2 Å². The lowest BCUT2D eigenvalue weighted by molar-refractivity contribution is -0.141. The van der Waals surface area contributed by atoms with E-state index in [1.165, 1.54) is 75.8 Å². The first kappa shape index (κ1) is 47.5. The molecule has 0 amide bonds. The van der Waals surface area contributed by atoms with Gasteiger partial charge < -0.3 is 52.1 Å². The van der Waals surface area contributed by atoms with Crippen molar-refractivity contribution in [2.75, 3.05) is 119 Å². The van der Waals surface area contributed by atoms with Crippen molar-refractivity contribution >= 4 is 64.6 Å². The second kappa shape index (κ2) is 23.1. The van der Waals surface area contributed by atoms with Crippen LogP contribution in [0.5, 0.6) is 0 Å². The fraction of sp³-hybridized carbons (Fsp3) is 0.429. The maximum Gasteiger partial charge on any atom is 0.112 e. The van der Waals surface area contributed by atoms with Crippen molar-refractivity contribution in [1.82, 2.24) is 0 Å². The van der Waals surface area contributed by atoms with Crippen molar-refractivity contribution in [3.63, 3.8) is 0 Å². The molecule has 1 fully saturated rings. The molecule has 1 saturated heterocycles. The summed E-state index contributed by atoms with van der Waals surface area (Å²) in [7, 11) is 0. The van der Waals surface area contributed by atoms with Gasteiger partial charge in [0.25, 0.3) is 0 Å². The molecule has 0 N–H and O–H groups in total. The molecule has 0 unspecified atom stereocenters. The van der Waals surface area contributed by atoms with Gasteiger partial charge in [-0.3, -0.25) is 0 Å². The van der Waals surface area contributed by atoms with Crippen LogP contribution in [0.25, 0.3) is 64.6 Å². The Bertz CT molecular complexity index is 2560. The van der Waals surface area contributed by atoms with E-state index in [1.54, 1.807) is 0 Å². The predicted molar refractivity (Wildman–Crippen MR) is 264 cm³/mol. The van der Waals surface area contributed by atoms with Crippen molar-refractivity contribution in [2.45, 2.75) is 38.3 Å². The number of hydrogen-bond acceptors (Lipinski definition) is 11. The molecular formula is C56H64O11. The highest BCUT2D eigenvalue weighted by atomic mass is 16.6. The molecule has 0 radical (unpaired) electrons. The molecule has 0 aromatic heterocycles. The van der Waals surface area contributed by atoms with Gasteiger partial charge in [-0.25, -0.2) is 0 Å². The van der Waals surface area contributed by atoms with E-state index in [4.69, 9.17) is 52.1 Å². The lowest BCUT2D eigenvalue weighted by Crippen LogP contribution is -2.41. The van der Waals surface area contributed by atoms with Gasteiger partial charge in [-0.2, -0.15) is 0 Å². The third kappa shape index (κ3) is 12.0. The number of benzene rings is 8. The monoisotopic (exact) mass is 912 g/mol. The lowest BCUT2D eigenvalue weighted by Gasteiger charge is -2.30. The Morgan fingerprint density at radius 3 is 1.13 bits per heavy atom. The lowest BCUT2D eigenvalue weighted by atomic mass is 9.92. The van der Waals surface area contributed by atoms with Crippen LogP contribution in [0.1, 0.15) is 25.0 Å². The van der Waals surface area contributed by atoms with Crippen LogP contribution in [0.2, 0.25) is 0 Å². The van der Waals surface area contributed by atoms with Gasteiger partial charge in [0.2, 0.25) is 0 Å². The minimum Gasteiger partial charge on any atom is -0.377 e. The van der Waals surface area contributed by atoms with E-state index in [2.05, 4.69) is 109 Å². The topological polar surface area (TPSA) is 102 Å². The summed E-state index contributed by atoms with van der Waals surface area (Å²) < 4.78 is 66.1. The van der Waals surface area contributed by atoms with Crippen molar-refractivity contribution in [1.29, 1.82) is 0 Å². The minimum absolute atomic E-state index is 0.343.